The molecular weight excluding hydrogens is 434 g/mol. The number of fused-ring (bicyclic) bond motifs is 1. The number of benzene rings is 2. The van der Waals surface area contributed by atoms with E-state index < -0.39 is 0 Å². The zero-order valence-electron chi connectivity index (χ0n) is 19.8. The van der Waals surface area contributed by atoms with Crippen molar-refractivity contribution in [1.29, 1.82) is 0 Å². The second-order valence-electron chi connectivity index (χ2n) is 8.57. The number of amides is 1. The summed E-state index contributed by atoms with van der Waals surface area (Å²) in [5, 5.41) is 0.764. The third kappa shape index (κ3) is 5.91. The molecule has 0 radical (unpaired) electrons. The van der Waals surface area contributed by atoms with Crippen LogP contribution in [-0.2, 0) is 11.2 Å². The van der Waals surface area contributed by atoms with Crippen LogP contribution in [0, 0.1) is 0 Å². The van der Waals surface area contributed by atoms with Gasteiger partial charge in [0.2, 0.25) is 0 Å². The summed E-state index contributed by atoms with van der Waals surface area (Å²) in [6.45, 7) is 11.2. The highest BCUT2D eigenvalue weighted by Gasteiger charge is 2.22. The first kappa shape index (κ1) is 23.7. The summed E-state index contributed by atoms with van der Waals surface area (Å²) in [5.74, 6) is 0.748. The molecule has 4 rings (SSSR count). The molecule has 1 aliphatic rings. The minimum atomic E-state index is -0.0230. The minimum absolute atomic E-state index is 0.0230. The van der Waals surface area contributed by atoms with Crippen LogP contribution in [0.25, 0.3) is 10.2 Å². The Morgan fingerprint density at radius 1 is 1.18 bits per heavy atom. The van der Waals surface area contributed by atoms with Crippen molar-refractivity contribution in [2.24, 2.45) is 0 Å². The third-order valence-electron chi connectivity index (χ3n) is 5.78. The summed E-state index contributed by atoms with van der Waals surface area (Å²) in [5.41, 5.74) is 2.87. The van der Waals surface area contributed by atoms with E-state index >= 15 is 0 Å². The summed E-state index contributed by atoms with van der Waals surface area (Å²) in [7, 11) is 0. The molecule has 1 fully saturated rings. The van der Waals surface area contributed by atoms with Gasteiger partial charge >= 0.3 is 0 Å². The van der Waals surface area contributed by atoms with Gasteiger partial charge in [-0.15, -0.1) is 0 Å². The third-order valence-corrected chi connectivity index (χ3v) is 6.82. The van der Waals surface area contributed by atoms with E-state index in [1.807, 2.05) is 43.0 Å². The van der Waals surface area contributed by atoms with Gasteiger partial charge < -0.3 is 9.47 Å². The molecule has 1 aliphatic heterocycles. The van der Waals surface area contributed by atoms with E-state index in [1.165, 1.54) is 5.56 Å². The molecule has 0 unspecified atom stereocenters. The largest absolute Gasteiger partial charge is 0.491 e. The van der Waals surface area contributed by atoms with Crippen molar-refractivity contribution in [2.45, 2.75) is 39.7 Å². The number of rotatable bonds is 9. The number of anilines is 1. The second kappa shape index (κ2) is 11.1. The quantitative estimate of drug-likeness (QED) is 0.443. The first-order chi connectivity index (χ1) is 16.0. The number of aromatic nitrogens is 1. The van der Waals surface area contributed by atoms with Gasteiger partial charge in [0.15, 0.2) is 5.13 Å². The number of para-hydroxylation sites is 1. The topological polar surface area (TPSA) is 54.9 Å². The van der Waals surface area contributed by atoms with Crippen molar-refractivity contribution in [3.8, 4) is 5.75 Å². The van der Waals surface area contributed by atoms with E-state index in [2.05, 4.69) is 30.0 Å². The molecule has 2 heterocycles. The molecule has 6 nitrogen and oxygen atoms in total. The molecule has 3 aromatic rings. The molecule has 176 valence electrons. The first-order valence-electron chi connectivity index (χ1n) is 11.8. The number of ether oxygens (including phenoxy) is 2. The number of hydrogen-bond acceptors (Lipinski definition) is 6. The van der Waals surface area contributed by atoms with E-state index in [0.29, 0.717) is 12.1 Å². The molecule has 1 saturated heterocycles. The normalized spacial score (nSPS) is 14.7. The standard InChI is InChI=1S/C26H33N3O3S/c1-4-20-7-5-8-23-24(20)27-26(33-23)29(14-6-13-28-15-17-31-18-16-28)25(30)21-9-11-22(12-10-21)32-19(2)3/h5,7-12,19H,4,6,13-18H2,1-3H3. The van der Waals surface area contributed by atoms with Gasteiger partial charge in [-0.3, -0.25) is 14.6 Å². The van der Waals surface area contributed by atoms with Crippen LogP contribution in [0.2, 0.25) is 0 Å². The summed E-state index contributed by atoms with van der Waals surface area (Å²) >= 11 is 1.59. The van der Waals surface area contributed by atoms with Crippen LogP contribution in [0.15, 0.2) is 42.5 Å². The molecule has 33 heavy (non-hydrogen) atoms. The SMILES string of the molecule is CCc1cccc2sc(N(CCCN3CCOCC3)C(=O)c3ccc(OC(C)C)cc3)nc12. The molecule has 1 amide bonds. The van der Waals surface area contributed by atoms with Crippen molar-refractivity contribution in [3.63, 3.8) is 0 Å². The lowest BCUT2D eigenvalue weighted by molar-refractivity contribution is 0.0376. The van der Waals surface area contributed by atoms with Gasteiger partial charge in [0, 0.05) is 31.7 Å². The first-order valence-corrected chi connectivity index (χ1v) is 12.6. The number of thiazole rings is 1. The molecule has 0 bridgehead atoms. The second-order valence-corrected chi connectivity index (χ2v) is 9.58. The van der Waals surface area contributed by atoms with Crippen LogP contribution in [-0.4, -0.2) is 61.3 Å². The van der Waals surface area contributed by atoms with Crippen LogP contribution in [0.5, 0.6) is 5.75 Å². The molecule has 0 spiro atoms. The summed E-state index contributed by atoms with van der Waals surface area (Å²) < 4.78 is 12.3. The van der Waals surface area contributed by atoms with Gasteiger partial charge in [-0.1, -0.05) is 30.4 Å². The lowest BCUT2D eigenvalue weighted by Gasteiger charge is -2.27. The highest BCUT2D eigenvalue weighted by molar-refractivity contribution is 7.22. The van der Waals surface area contributed by atoms with Crippen molar-refractivity contribution in [2.75, 3.05) is 44.3 Å². The zero-order valence-corrected chi connectivity index (χ0v) is 20.6. The molecule has 0 saturated carbocycles. The highest BCUT2D eigenvalue weighted by atomic mass is 32.1. The lowest BCUT2D eigenvalue weighted by Crippen LogP contribution is -2.39. The highest BCUT2D eigenvalue weighted by Crippen LogP contribution is 2.32. The van der Waals surface area contributed by atoms with Crippen LogP contribution in [0.3, 0.4) is 0 Å². The predicted molar refractivity (Wildman–Crippen MR) is 135 cm³/mol. The van der Waals surface area contributed by atoms with Gasteiger partial charge in [-0.2, -0.15) is 0 Å². The Bertz CT molecular complexity index is 1060. The molecule has 1 aromatic heterocycles. The summed E-state index contributed by atoms with van der Waals surface area (Å²) in [6.07, 6.45) is 1.90. The average Bonchev–Trinajstić information content (AvgIpc) is 3.26. The Balaban J connectivity index is 1.57. The van der Waals surface area contributed by atoms with Gasteiger partial charge in [0.05, 0.1) is 29.5 Å². The van der Waals surface area contributed by atoms with Gasteiger partial charge in [0.25, 0.3) is 5.91 Å². The molecular formula is C26H33N3O3S. The summed E-state index contributed by atoms with van der Waals surface area (Å²) in [6, 6.07) is 13.7. The fourth-order valence-electron chi connectivity index (χ4n) is 4.06. The van der Waals surface area contributed by atoms with Crippen LogP contribution < -0.4 is 9.64 Å². The van der Waals surface area contributed by atoms with E-state index in [0.717, 1.165) is 66.8 Å². The molecule has 7 heteroatoms. The molecule has 0 N–H and O–H groups in total. The Labute approximate surface area is 200 Å². The Hall–Kier alpha value is -2.48. The minimum Gasteiger partial charge on any atom is -0.491 e. The maximum Gasteiger partial charge on any atom is 0.260 e. The van der Waals surface area contributed by atoms with E-state index in [1.54, 1.807) is 11.3 Å². The Kier molecular flexibility index (Phi) is 7.96. The predicted octanol–water partition coefficient (Wildman–Crippen LogP) is 5.02. The Morgan fingerprint density at radius 2 is 1.94 bits per heavy atom. The van der Waals surface area contributed by atoms with Crippen molar-refractivity contribution in [3.05, 3.63) is 53.6 Å². The lowest BCUT2D eigenvalue weighted by atomic mass is 10.1. The number of morpholine rings is 1. The van der Waals surface area contributed by atoms with Crippen molar-refractivity contribution in [1.82, 2.24) is 9.88 Å². The fraction of sp³-hybridized carbons (Fsp3) is 0.462. The fourth-order valence-corrected chi connectivity index (χ4v) is 5.10. The smallest absolute Gasteiger partial charge is 0.260 e. The van der Waals surface area contributed by atoms with Crippen LogP contribution in [0.1, 0.15) is 43.1 Å². The number of hydrogen-bond donors (Lipinski definition) is 0. The van der Waals surface area contributed by atoms with E-state index in [4.69, 9.17) is 14.5 Å². The number of carbonyl (C=O) groups is 1. The molecule has 0 aliphatic carbocycles. The molecule has 2 aromatic carbocycles. The average molecular weight is 468 g/mol. The number of aryl methyl sites for hydroxylation is 1. The van der Waals surface area contributed by atoms with Crippen LogP contribution in [0.4, 0.5) is 5.13 Å². The maximum atomic E-state index is 13.6. The number of nitrogens with zero attached hydrogens (tertiary/aromatic N) is 3. The zero-order chi connectivity index (χ0) is 23.2. The monoisotopic (exact) mass is 467 g/mol. The number of carbonyl (C=O) groups excluding carboxylic acids is 1. The van der Waals surface area contributed by atoms with Crippen molar-refractivity contribution >= 4 is 32.6 Å². The van der Waals surface area contributed by atoms with Crippen LogP contribution >= 0.6 is 11.3 Å². The molecule has 0 atom stereocenters. The van der Waals surface area contributed by atoms with Crippen molar-refractivity contribution < 1.29 is 14.3 Å². The van der Waals surface area contributed by atoms with Gasteiger partial charge in [-0.05, 0) is 62.6 Å². The maximum absolute atomic E-state index is 13.6. The van der Waals surface area contributed by atoms with Gasteiger partial charge in [-0.25, -0.2) is 4.98 Å². The van der Waals surface area contributed by atoms with Gasteiger partial charge in [0.1, 0.15) is 5.75 Å². The summed E-state index contributed by atoms with van der Waals surface area (Å²) in [4.78, 5) is 22.8. The van der Waals surface area contributed by atoms with E-state index in [-0.39, 0.29) is 12.0 Å². The van der Waals surface area contributed by atoms with E-state index in [9.17, 15) is 4.79 Å². The Morgan fingerprint density at radius 3 is 2.64 bits per heavy atom.